The highest BCUT2D eigenvalue weighted by atomic mass is 32.2. The average Bonchev–Trinajstić information content (AvgIpc) is 3.09. The molecule has 4 N–H and O–H groups in total. The molecule has 0 bridgehead atoms. The number of carbonyl (C=O) groups excluding carboxylic acids is 1. The van der Waals surface area contributed by atoms with E-state index >= 15 is 0 Å². The third-order valence-electron chi connectivity index (χ3n) is 4.71. The van der Waals surface area contributed by atoms with Gasteiger partial charge in [0.05, 0.1) is 4.90 Å². The fourth-order valence-electron chi connectivity index (χ4n) is 3.30. The van der Waals surface area contributed by atoms with Crippen molar-refractivity contribution in [2.45, 2.75) is 18.2 Å². The summed E-state index contributed by atoms with van der Waals surface area (Å²) in [6.45, 7) is 4.52. The molecule has 0 radical (unpaired) electrons. The molecule has 8 heteroatoms. The number of amides is 2. The molecular formula is C19H24N4O3S. The normalized spacial score (nSPS) is 17.0. The molecule has 1 unspecified atom stereocenters. The minimum Gasteiger partial charge on any atom is -0.371 e. The summed E-state index contributed by atoms with van der Waals surface area (Å²) >= 11 is 0. The van der Waals surface area contributed by atoms with Crippen LogP contribution in [-0.4, -0.2) is 34.1 Å². The minimum atomic E-state index is -3.80. The van der Waals surface area contributed by atoms with Crippen molar-refractivity contribution in [2.75, 3.05) is 29.9 Å². The fraction of sp³-hybridized carbons (Fsp3) is 0.316. The number of primary sulfonamides is 1. The first-order valence-corrected chi connectivity index (χ1v) is 10.4. The maximum absolute atomic E-state index is 12.1. The summed E-state index contributed by atoms with van der Waals surface area (Å²) in [5.41, 5.74) is 2.87. The van der Waals surface area contributed by atoms with Gasteiger partial charge in [-0.1, -0.05) is 24.3 Å². The summed E-state index contributed by atoms with van der Waals surface area (Å²) in [5.74, 6) is 0.367. The summed E-state index contributed by atoms with van der Waals surface area (Å²) in [5, 5.41) is 10.6. The van der Waals surface area contributed by atoms with Crippen molar-refractivity contribution in [3.63, 3.8) is 0 Å². The number of urea groups is 1. The highest BCUT2D eigenvalue weighted by molar-refractivity contribution is 7.89. The standard InChI is InChI=1S/C19H24N4O3S/c1-14-5-2-3-8-18(14)23-10-9-15(13-23)12-21-19(24)22-16-6-4-7-17(11-16)27(20,25)26/h2-8,11,15H,9-10,12-13H2,1H3,(H2,20,25,26)(H2,21,22,24). The van der Waals surface area contributed by atoms with Crippen molar-refractivity contribution >= 4 is 27.4 Å². The first-order valence-electron chi connectivity index (χ1n) is 8.81. The lowest BCUT2D eigenvalue weighted by atomic mass is 10.1. The number of sulfonamides is 1. The number of rotatable bonds is 5. The Bertz CT molecular complexity index is 930. The summed E-state index contributed by atoms with van der Waals surface area (Å²) in [6, 6.07) is 13.8. The lowest BCUT2D eigenvalue weighted by molar-refractivity contribution is 0.250. The van der Waals surface area contributed by atoms with Crippen molar-refractivity contribution in [2.24, 2.45) is 11.1 Å². The average molecular weight is 388 g/mol. The molecule has 7 nitrogen and oxygen atoms in total. The molecule has 0 aromatic heterocycles. The molecule has 0 saturated carbocycles. The molecule has 144 valence electrons. The van der Waals surface area contributed by atoms with Crippen LogP contribution in [-0.2, 0) is 10.0 Å². The number of aryl methyl sites for hydroxylation is 1. The van der Waals surface area contributed by atoms with Crippen LogP contribution in [0.1, 0.15) is 12.0 Å². The predicted molar refractivity (Wildman–Crippen MR) is 106 cm³/mol. The van der Waals surface area contributed by atoms with E-state index in [-0.39, 0.29) is 10.9 Å². The van der Waals surface area contributed by atoms with Gasteiger partial charge in [-0.3, -0.25) is 0 Å². The Morgan fingerprint density at radius 3 is 2.74 bits per heavy atom. The van der Waals surface area contributed by atoms with E-state index in [0.717, 1.165) is 19.5 Å². The highest BCUT2D eigenvalue weighted by Gasteiger charge is 2.23. The Morgan fingerprint density at radius 1 is 1.22 bits per heavy atom. The molecule has 1 aliphatic heterocycles. The topological polar surface area (TPSA) is 105 Å². The van der Waals surface area contributed by atoms with E-state index in [2.05, 4.69) is 34.6 Å². The van der Waals surface area contributed by atoms with Gasteiger partial charge in [0.15, 0.2) is 0 Å². The van der Waals surface area contributed by atoms with Crippen LogP contribution in [0.2, 0.25) is 0 Å². The smallest absolute Gasteiger partial charge is 0.319 e. The van der Waals surface area contributed by atoms with Gasteiger partial charge in [-0.2, -0.15) is 0 Å². The van der Waals surface area contributed by atoms with Gasteiger partial charge in [0.2, 0.25) is 10.0 Å². The number of nitrogens with zero attached hydrogens (tertiary/aromatic N) is 1. The fourth-order valence-corrected chi connectivity index (χ4v) is 3.86. The van der Waals surface area contributed by atoms with Gasteiger partial charge in [-0.25, -0.2) is 18.4 Å². The predicted octanol–water partition coefficient (Wildman–Crippen LogP) is 2.29. The Morgan fingerprint density at radius 2 is 2.00 bits per heavy atom. The van der Waals surface area contributed by atoms with Crippen LogP contribution in [0.25, 0.3) is 0 Å². The van der Waals surface area contributed by atoms with E-state index in [0.29, 0.717) is 18.2 Å². The molecule has 1 heterocycles. The summed E-state index contributed by atoms with van der Waals surface area (Å²) in [4.78, 5) is 14.4. The van der Waals surface area contributed by atoms with Crippen molar-refractivity contribution < 1.29 is 13.2 Å². The van der Waals surface area contributed by atoms with Crippen LogP contribution < -0.4 is 20.7 Å². The molecule has 1 fully saturated rings. The zero-order valence-electron chi connectivity index (χ0n) is 15.2. The van der Waals surface area contributed by atoms with Gasteiger partial charge < -0.3 is 15.5 Å². The highest BCUT2D eigenvalue weighted by Crippen LogP contribution is 2.26. The summed E-state index contributed by atoms with van der Waals surface area (Å²) < 4.78 is 22.8. The number of carbonyl (C=O) groups is 1. The number of benzene rings is 2. The molecule has 2 amide bonds. The number of hydrogen-bond donors (Lipinski definition) is 3. The second-order valence-corrected chi connectivity index (χ2v) is 8.36. The van der Waals surface area contributed by atoms with Crippen LogP contribution in [0.15, 0.2) is 53.4 Å². The summed E-state index contributed by atoms with van der Waals surface area (Å²) in [7, 11) is -3.80. The maximum atomic E-state index is 12.1. The van der Waals surface area contributed by atoms with Crippen molar-refractivity contribution in [1.29, 1.82) is 0 Å². The Labute approximate surface area is 159 Å². The number of anilines is 2. The van der Waals surface area contributed by atoms with Crippen LogP contribution >= 0.6 is 0 Å². The van der Waals surface area contributed by atoms with Crippen molar-refractivity contribution in [3.05, 3.63) is 54.1 Å². The molecule has 0 spiro atoms. The lowest BCUT2D eigenvalue weighted by Crippen LogP contribution is -2.34. The zero-order valence-corrected chi connectivity index (χ0v) is 16.0. The van der Waals surface area contributed by atoms with Crippen LogP contribution in [0.4, 0.5) is 16.2 Å². The van der Waals surface area contributed by atoms with Crippen molar-refractivity contribution in [3.8, 4) is 0 Å². The third-order valence-corrected chi connectivity index (χ3v) is 5.62. The molecular weight excluding hydrogens is 364 g/mol. The molecule has 1 atom stereocenters. The van der Waals surface area contributed by atoms with Gasteiger partial charge >= 0.3 is 6.03 Å². The van der Waals surface area contributed by atoms with E-state index in [1.165, 1.54) is 29.4 Å². The Balaban J connectivity index is 1.51. The van der Waals surface area contributed by atoms with E-state index in [9.17, 15) is 13.2 Å². The molecule has 3 rings (SSSR count). The third kappa shape index (κ3) is 4.99. The SMILES string of the molecule is Cc1ccccc1N1CCC(CNC(=O)Nc2cccc(S(N)(=O)=O)c2)C1. The minimum absolute atomic E-state index is 0.0371. The molecule has 2 aromatic carbocycles. The van der Waals surface area contributed by atoms with E-state index < -0.39 is 10.0 Å². The second kappa shape index (κ2) is 7.98. The number of nitrogens with two attached hydrogens (primary N) is 1. The summed E-state index contributed by atoms with van der Waals surface area (Å²) in [6.07, 6.45) is 1.01. The van der Waals surface area contributed by atoms with Gasteiger partial charge in [0.25, 0.3) is 0 Å². The number of para-hydroxylation sites is 1. The molecule has 0 aliphatic carbocycles. The number of hydrogen-bond acceptors (Lipinski definition) is 4. The van der Waals surface area contributed by atoms with E-state index in [1.54, 1.807) is 6.07 Å². The second-order valence-electron chi connectivity index (χ2n) is 6.80. The first kappa shape index (κ1) is 19.2. The van der Waals surface area contributed by atoms with E-state index in [1.807, 2.05) is 12.1 Å². The van der Waals surface area contributed by atoms with Gasteiger partial charge in [0.1, 0.15) is 0 Å². The largest absolute Gasteiger partial charge is 0.371 e. The molecule has 27 heavy (non-hydrogen) atoms. The lowest BCUT2D eigenvalue weighted by Gasteiger charge is -2.21. The molecule has 2 aromatic rings. The monoisotopic (exact) mass is 388 g/mol. The maximum Gasteiger partial charge on any atom is 0.319 e. The quantitative estimate of drug-likeness (QED) is 0.731. The Hall–Kier alpha value is -2.58. The van der Waals surface area contributed by atoms with Crippen LogP contribution in [0, 0.1) is 12.8 Å². The molecule has 1 aliphatic rings. The van der Waals surface area contributed by atoms with Crippen LogP contribution in [0.5, 0.6) is 0 Å². The van der Waals surface area contributed by atoms with Crippen molar-refractivity contribution in [1.82, 2.24) is 5.32 Å². The number of nitrogens with one attached hydrogen (secondary N) is 2. The van der Waals surface area contributed by atoms with Gasteiger partial charge in [-0.15, -0.1) is 0 Å². The molecule has 1 saturated heterocycles. The zero-order chi connectivity index (χ0) is 19.4. The Kier molecular flexibility index (Phi) is 5.67. The first-order chi connectivity index (χ1) is 12.8. The van der Waals surface area contributed by atoms with Crippen LogP contribution in [0.3, 0.4) is 0 Å². The van der Waals surface area contributed by atoms with Gasteiger partial charge in [-0.05, 0) is 49.1 Å². The van der Waals surface area contributed by atoms with E-state index in [4.69, 9.17) is 5.14 Å². The van der Waals surface area contributed by atoms with Gasteiger partial charge in [0, 0.05) is 31.0 Å².